The number of piperazine rings is 1. The van der Waals surface area contributed by atoms with Crippen molar-refractivity contribution in [3.05, 3.63) is 59.4 Å². The van der Waals surface area contributed by atoms with E-state index < -0.39 is 0 Å². The van der Waals surface area contributed by atoms with Crippen molar-refractivity contribution in [2.75, 3.05) is 43.4 Å². The second-order valence-electron chi connectivity index (χ2n) is 6.64. The zero-order valence-electron chi connectivity index (χ0n) is 14.8. The summed E-state index contributed by atoms with van der Waals surface area (Å²) in [6.07, 6.45) is 0.164. The van der Waals surface area contributed by atoms with Crippen LogP contribution in [0.4, 0.5) is 15.8 Å². The number of hydrogen-bond donors (Lipinski definition) is 1. The fraction of sp³-hybridized carbons (Fsp3) is 0.350. The zero-order valence-corrected chi connectivity index (χ0v) is 14.8. The van der Waals surface area contributed by atoms with E-state index in [4.69, 9.17) is 0 Å². The van der Waals surface area contributed by atoms with Gasteiger partial charge in [-0.25, -0.2) is 4.39 Å². The van der Waals surface area contributed by atoms with E-state index in [1.807, 2.05) is 13.0 Å². The molecule has 0 bridgehead atoms. The summed E-state index contributed by atoms with van der Waals surface area (Å²) in [5, 5.41) is 2.93. The second kappa shape index (κ2) is 7.66. The number of rotatable bonds is 4. The number of amides is 1. The third kappa shape index (κ3) is 4.57. The van der Waals surface area contributed by atoms with Crippen LogP contribution in [0.1, 0.15) is 11.1 Å². The molecular formula is C20H24FN3O. The van der Waals surface area contributed by atoms with Gasteiger partial charge in [0.05, 0.1) is 6.42 Å². The van der Waals surface area contributed by atoms with E-state index in [1.165, 1.54) is 17.8 Å². The number of aryl methyl sites for hydroxylation is 1. The molecule has 0 aliphatic carbocycles. The first-order chi connectivity index (χ1) is 12.0. The van der Waals surface area contributed by atoms with Crippen LogP contribution >= 0.6 is 0 Å². The highest BCUT2D eigenvalue weighted by Crippen LogP contribution is 2.24. The van der Waals surface area contributed by atoms with Crippen LogP contribution in [0.15, 0.2) is 42.5 Å². The number of benzene rings is 2. The molecule has 0 saturated carbocycles. The van der Waals surface area contributed by atoms with E-state index in [9.17, 15) is 9.18 Å². The maximum absolute atomic E-state index is 13.2. The summed E-state index contributed by atoms with van der Waals surface area (Å²) in [6, 6.07) is 12.3. The third-order valence-electron chi connectivity index (χ3n) is 4.61. The van der Waals surface area contributed by atoms with E-state index >= 15 is 0 Å². The van der Waals surface area contributed by atoms with E-state index in [-0.39, 0.29) is 18.1 Å². The molecule has 2 aromatic carbocycles. The lowest BCUT2D eigenvalue weighted by molar-refractivity contribution is -0.115. The molecule has 1 N–H and O–H groups in total. The molecule has 1 aliphatic rings. The van der Waals surface area contributed by atoms with Gasteiger partial charge in [0.25, 0.3) is 0 Å². The lowest BCUT2D eigenvalue weighted by atomic mass is 10.1. The lowest BCUT2D eigenvalue weighted by Gasteiger charge is -2.34. The molecule has 0 radical (unpaired) electrons. The minimum absolute atomic E-state index is 0.138. The first-order valence-corrected chi connectivity index (χ1v) is 8.60. The van der Waals surface area contributed by atoms with Crippen molar-refractivity contribution in [1.29, 1.82) is 0 Å². The topological polar surface area (TPSA) is 35.6 Å². The van der Waals surface area contributed by atoms with Gasteiger partial charge in [-0.05, 0) is 55.4 Å². The van der Waals surface area contributed by atoms with Gasteiger partial charge in [-0.2, -0.15) is 0 Å². The molecule has 3 rings (SSSR count). The van der Waals surface area contributed by atoms with Crippen LogP contribution in [0.3, 0.4) is 0 Å². The average Bonchev–Trinajstić information content (AvgIpc) is 2.57. The van der Waals surface area contributed by atoms with Crippen molar-refractivity contribution in [1.82, 2.24) is 4.90 Å². The van der Waals surface area contributed by atoms with E-state index in [0.717, 1.165) is 37.4 Å². The normalized spacial score (nSPS) is 15.2. The standard InChI is InChI=1S/C20H24FN3O/c1-15-12-18(24-10-8-23(2)9-11-24)6-7-19(15)22-20(25)14-16-4-3-5-17(21)13-16/h3-7,12-13H,8-11,14H2,1-2H3,(H,22,25). The van der Waals surface area contributed by atoms with Gasteiger partial charge in [-0.15, -0.1) is 0 Å². The smallest absolute Gasteiger partial charge is 0.228 e. The van der Waals surface area contributed by atoms with Gasteiger partial charge in [0.2, 0.25) is 5.91 Å². The zero-order chi connectivity index (χ0) is 17.8. The van der Waals surface area contributed by atoms with Gasteiger partial charge in [-0.3, -0.25) is 4.79 Å². The highest BCUT2D eigenvalue weighted by atomic mass is 19.1. The quantitative estimate of drug-likeness (QED) is 0.928. The Hall–Kier alpha value is -2.40. The predicted octanol–water partition coefficient (Wildman–Crippen LogP) is 3.07. The minimum Gasteiger partial charge on any atom is -0.369 e. The van der Waals surface area contributed by atoms with Crippen molar-refractivity contribution < 1.29 is 9.18 Å². The molecule has 1 aliphatic heterocycles. The van der Waals surface area contributed by atoms with Gasteiger partial charge < -0.3 is 15.1 Å². The first-order valence-electron chi connectivity index (χ1n) is 8.60. The summed E-state index contributed by atoms with van der Waals surface area (Å²) in [5.41, 5.74) is 3.70. The summed E-state index contributed by atoms with van der Waals surface area (Å²) < 4.78 is 13.2. The molecule has 1 amide bonds. The fourth-order valence-corrected chi connectivity index (χ4v) is 3.08. The Kier molecular flexibility index (Phi) is 5.34. The molecule has 2 aromatic rings. The number of carbonyl (C=O) groups excluding carboxylic acids is 1. The molecule has 1 saturated heterocycles. The lowest BCUT2D eigenvalue weighted by Crippen LogP contribution is -2.44. The molecule has 0 unspecified atom stereocenters. The summed E-state index contributed by atoms with van der Waals surface area (Å²) >= 11 is 0. The number of nitrogens with zero attached hydrogens (tertiary/aromatic N) is 2. The number of likely N-dealkylation sites (N-methyl/N-ethyl adjacent to an activating group) is 1. The summed E-state index contributed by atoms with van der Waals surface area (Å²) in [4.78, 5) is 16.9. The van der Waals surface area contributed by atoms with Crippen molar-refractivity contribution in [2.45, 2.75) is 13.3 Å². The van der Waals surface area contributed by atoms with Crippen molar-refractivity contribution >= 4 is 17.3 Å². The van der Waals surface area contributed by atoms with Gasteiger partial charge in [0.1, 0.15) is 5.82 Å². The molecule has 0 aromatic heterocycles. The third-order valence-corrected chi connectivity index (χ3v) is 4.61. The van der Waals surface area contributed by atoms with Crippen LogP contribution in [-0.4, -0.2) is 44.0 Å². The molecule has 0 atom stereocenters. The van der Waals surface area contributed by atoms with Crippen molar-refractivity contribution in [2.24, 2.45) is 0 Å². The van der Waals surface area contributed by atoms with Crippen LogP contribution in [0.2, 0.25) is 0 Å². The van der Waals surface area contributed by atoms with Gasteiger partial charge >= 0.3 is 0 Å². The van der Waals surface area contributed by atoms with Crippen LogP contribution in [-0.2, 0) is 11.2 Å². The first kappa shape index (κ1) is 17.4. The molecule has 132 valence electrons. The van der Waals surface area contributed by atoms with Crippen LogP contribution in [0.5, 0.6) is 0 Å². The monoisotopic (exact) mass is 341 g/mol. The molecule has 5 heteroatoms. The number of nitrogens with one attached hydrogen (secondary N) is 1. The molecule has 1 heterocycles. The van der Waals surface area contributed by atoms with E-state index in [0.29, 0.717) is 5.56 Å². The molecule has 0 spiro atoms. The molecule has 4 nitrogen and oxygen atoms in total. The molecule has 1 fully saturated rings. The SMILES string of the molecule is Cc1cc(N2CCN(C)CC2)ccc1NC(=O)Cc1cccc(F)c1. The summed E-state index contributed by atoms with van der Waals surface area (Å²) in [5.74, 6) is -0.459. The number of anilines is 2. The Balaban J connectivity index is 1.63. The van der Waals surface area contributed by atoms with E-state index in [1.54, 1.807) is 12.1 Å². The van der Waals surface area contributed by atoms with Crippen LogP contribution < -0.4 is 10.2 Å². The highest BCUT2D eigenvalue weighted by Gasteiger charge is 2.15. The number of hydrogen-bond acceptors (Lipinski definition) is 3. The Labute approximate surface area is 148 Å². The Morgan fingerprint density at radius 3 is 2.56 bits per heavy atom. The summed E-state index contributed by atoms with van der Waals surface area (Å²) in [6.45, 7) is 6.15. The fourth-order valence-electron chi connectivity index (χ4n) is 3.08. The van der Waals surface area contributed by atoms with Crippen LogP contribution in [0.25, 0.3) is 0 Å². The summed E-state index contributed by atoms with van der Waals surface area (Å²) in [7, 11) is 2.14. The Morgan fingerprint density at radius 2 is 1.88 bits per heavy atom. The second-order valence-corrected chi connectivity index (χ2v) is 6.64. The highest BCUT2D eigenvalue weighted by molar-refractivity contribution is 5.93. The Morgan fingerprint density at radius 1 is 1.12 bits per heavy atom. The number of halogens is 1. The predicted molar refractivity (Wildman–Crippen MR) is 99.6 cm³/mol. The van der Waals surface area contributed by atoms with Gasteiger partial charge in [0.15, 0.2) is 0 Å². The Bertz CT molecular complexity index is 754. The maximum Gasteiger partial charge on any atom is 0.228 e. The van der Waals surface area contributed by atoms with Crippen molar-refractivity contribution in [3.63, 3.8) is 0 Å². The maximum atomic E-state index is 13.2. The van der Waals surface area contributed by atoms with Crippen LogP contribution in [0, 0.1) is 12.7 Å². The molecule has 25 heavy (non-hydrogen) atoms. The van der Waals surface area contributed by atoms with E-state index in [2.05, 4.69) is 34.3 Å². The minimum atomic E-state index is -0.321. The van der Waals surface area contributed by atoms with Gasteiger partial charge in [-0.1, -0.05) is 12.1 Å². The van der Waals surface area contributed by atoms with Crippen molar-refractivity contribution in [3.8, 4) is 0 Å². The molecular weight excluding hydrogens is 317 g/mol. The number of carbonyl (C=O) groups is 1. The van der Waals surface area contributed by atoms with Gasteiger partial charge in [0, 0.05) is 37.6 Å². The largest absolute Gasteiger partial charge is 0.369 e. The average molecular weight is 341 g/mol.